The van der Waals surface area contributed by atoms with Crippen molar-refractivity contribution in [2.75, 3.05) is 19.8 Å². The quantitative estimate of drug-likeness (QED) is 0.818. The van der Waals surface area contributed by atoms with Crippen molar-refractivity contribution >= 4 is 11.8 Å². The Kier molecular flexibility index (Phi) is 4.57. The summed E-state index contributed by atoms with van der Waals surface area (Å²) in [6, 6.07) is 2.26. The van der Waals surface area contributed by atoms with E-state index < -0.39 is 0 Å². The Bertz CT molecular complexity index is 212. The third kappa shape index (κ3) is 2.93. The van der Waals surface area contributed by atoms with Gasteiger partial charge >= 0.3 is 0 Å². The molecule has 94 valence electrons. The van der Waals surface area contributed by atoms with Crippen LogP contribution in [0.5, 0.6) is 0 Å². The van der Waals surface area contributed by atoms with Gasteiger partial charge in [0.2, 0.25) is 0 Å². The zero-order valence-electron chi connectivity index (χ0n) is 10.9. The Balaban J connectivity index is 1.84. The molecular weight excluding hydrogens is 216 g/mol. The molecule has 2 aliphatic rings. The zero-order valence-corrected chi connectivity index (χ0v) is 11.7. The van der Waals surface area contributed by atoms with E-state index in [1.807, 2.05) is 0 Å². The highest BCUT2D eigenvalue weighted by atomic mass is 32.2. The maximum absolute atomic E-state index is 3.92. The molecule has 4 unspecified atom stereocenters. The summed E-state index contributed by atoms with van der Waals surface area (Å²) >= 11 is 2.06. The van der Waals surface area contributed by atoms with E-state index in [1.54, 1.807) is 0 Å². The van der Waals surface area contributed by atoms with Crippen molar-refractivity contribution in [1.29, 1.82) is 0 Å². The Morgan fingerprint density at radius 3 is 2.62 bits per heavy atom. The minimum Gasteiger partial charge on any atom is -0.309 e. The maximum atomic E-state index is 3.92. The van der Waals surface area contributed by atoms with Gasteiger partial charge in [-0.15, -0.1) is 0 Å². The first-order chi connectivity index (χ1) is 7.70. The van der Waals surface area contributed by atoms with Crippen molar-refractivity contribution in [3.63, 3.8) is 0 Å². The van der Waals surface area contributed by atoms with Crippen molar-refractivity contribution < 1.29 is 0 Å². The zero-order chi connectivity index (χ0) is 11.5. The average molecular weight is 242 g/mol. The lowest BCUT2D eigenvalue weighted by molar-refractivity contribution is 0.315. The van der Waals surface area contributed by atoms with Gasteiger partial charge in [0.25, 0.3) is 0 Å². The van der Waals surface area contributed by atoms with E-state index in [0.29, 0.717) is 0 Å². The van der Waals surface area contributed by atoms with Crippen molar-refractivity contribution in [2.45, 2.75) is 62.4 Å². The molecule has 1 aliphatic heterocycles. The molecule has 0 spiro atoms. The molecule has 1 heterocycles. The monoisotopic (exact) mass is 242 g/mol. The predicted molar refractivity (Wildman–Crippen MR) is 73.2 cm³/mol. The molecule has 0 aromatic heterocycles. The van der Waals surface area contributed by atoms with Gasteiger partial charge in [-0.2, -0.15) is 11.8 Å². The van der Waals surface area contributed by atoms with Gasteiger partial charge in [0.1, 0.15) is 0 Å². The maximum Gasteiger partial charge on any atom is 0.0212 e. The van der Waals surface area contributed by atoms with Crippen LogP contribution in [0.25, 0.3) is 0 Å². The molecule has 2 fully saturated rings. The van der Waals surface area contributed by atoms with E-state index in [1.165, 1.54) is 38.6 Å². The van der Waals surface area contributed by atoms with Crippen molar-refractivity contribution in [3.8, 4) is 0 Å². The SMILES string of the molecule is CSC1CCCCC1NC1CC(C)N(C)C1. The van der Waals surface area contributed by atoms with Gasteiger partial charge in [-0.1, -0.05) is 12.8 Å². The predicted octanol–water partition coefficient (Wildman–Crippen LogP) is 2.34. The minimum absolute atomic E-state index is 0.734. The largest absolute Gasteiger partial charge is 0.309 e. The van der Waals surface area contributed by atoms with Gasteiger partial charge < -0.3 is 10.2 Å². The molecule has 4 atom stereocenters. The summed E-state index contributed by atoms with van der Waals surface area (Å²) in [4.78, 5) is 2.48. The smallest absolute Gasteiger partial charge is 0.0212 e. The molecular formula is C13H26N2S. The van der Waals surface area contributed by atoms with Gasteiger partial charge in [-0.3, -0.25) is 0 Å². The number of hydrogen-bond acceptors (Lipinski definition) is 3. The van der Waals surface area contributed by atoms with E-state index in [9.17, 15) is 0 Å². The van der Waals surface area contributed by atoms with Gasteiger partial charge in [0.05, 0.1) is 0 Å². The molecule has 0 amide bonds. The first kappa shape index (κ1) is 12.7. The standard InChI is InChI=1S/C13H26N2S/c1-10-8-11(9-15(10)2)14-12-6-4-5-7-13(12)16-3/h10-14H,4-9H2,1-3H3. The van der Waals surface area contributed by atoms with Gasteiger partial charge in [-0.25, -0.2) is 0 Å². The van der Waals surface area contributed by atoms with Crippen molar-refractivity contribution in [3.05, 3.63) is 0 Å². The molecule has 2 rings (SSSR count). The second-order valence-corrected chi connectivity index (χ2v) is 6.63. The highest BCUT2D eigenvalue weighted by Crippen LogP contribution is 2.28. The lowest BCUT2D eigenvalue weighted by Crippen LogP contribution is -2.46. The number of likely N-dealkylation sites (tertiary alicyclic amines) is 1. The van der Waals surface area contributed by atoms with E-state index >= 15 is 0 Å². The molecule has 1 saturated carbocycles. The molecule has 1 saturated heterocycles. The fourth-order valence-corrected chi connectivity index (χ4v) is 4.13. The number of nitrogens with zero attached hydrogens (tertiary/aromatic N) is 1. The highest BCUT2D eigenvalue weighted by molar-refractivity contribution is 7.99. The van der Waals surface area contributed by atoms with Crippen LogP contribution in [0.4, 0.5) is 0 Å². The van der Waals surface area contributed by atoms with E-state index in [-0.39, 0.29) is 0 Å². The topological polar surface area (TPSA) is 15.3 Å². The lowest BCUT2D eigenvalue weighted by Gasteiger charge is -2.33. The van der Waals surface area contributed by atoms with Gasteiger partial charge in [0, 0.05) is 29.9 Å². The molecule has 0 radical (unpaired) electrons. The molecule has 0 aromatic rings. The molecule has 1 aliphatic carbocycles. The fraction of sp³-hybridized carbons (Fsp3) is 1.00. The van der Waals surface area contributed by atoms with Crippen LogP contribution in [0, 0.1) is 0 Å². The van der Waals surface area contributed by atoms with E-state index in [2.05, 4.69) is 42.2 Å². The highest BCUT2D eigenvalue weighted by Gasteiger charge is 2.31. The van der Waals surface area contributed by atoms with Crippen LogP contribution in [-0.4, -0.2) is 48.1 Å². The summed E-state index contributed by atoms with van der Waals surface area (Å²) in [6.07, 6.45) is 9.26. The number of nitrogens with one attached hydrogen (secondary N) is 1. The van der Waals surface area contributed by atoms with E-state index in [4.69, 9.17) is 0 Å². The minimum atomic E-state index is 0.734. The second kappa shape index (κ2) is 5.74. The molecule has 2 nitrogen and oxygen atoms in total. The fourth-order valence-electron chi connectivity index (χ4n) is 3.19. The normalized spacial score (nSPS) is 41.4. The Hall–Kier alpha value is 0.270. The van der Waals surface area contributed by atoms with Crippen LogP contribution in [0.2, 0.25) is 0 Å². The average Bonchev–Trinajstić information content (AvgIpc) is 2.59. The number of hydrogen-bond donors (Lipinski definition) is 1. The summed E-state index contributed by atoms with van der Waals surface area (Å²) in [5.74, 6) is 0. The van der Waals surface area contributed by atoms with Crippen LogP contribution >= 0.6 is 11.8 Å². The first-order valence-corrected chi connectivity index (χ1v) is 7.98. The van der Waals surface area contributed by atoms with Crippen LogP contribution in [-0.2, 0) is 0 Å². The number of likely N-dealkylation sites (N-methyl/N-ethyl adjacent to an activating group) is 1. The lowest BCUT2D eigenvalue weighted by atomic mass is 9.94. The van der Waals surface area contributed by atoms with Gasteiger partial charge in [0.15, 0.2) is 0 Å². The molecule has 16 heavy (non-hydrogen) atoms. The van der Waals surface area contributed by atoms with Crippen molar-refractivity contribution in [1.82, 2.24) is 10.2 Å². The molecule has 1 N–H and O–H groups in total. The van der Waals surface area contributed by atoms with Crippen LogP contribution in [0.1, 0.15) is 39.0 Å². The van der Waals surface area contributed by atoms with Crippen LogP contribution < -0.4 is 5.32 Å². The van der Waals surface area contributed by atoms with Gasteiger partial charge in [-0.05, 0) is 39.5 Å². The molecule has 0 bridgehead atoms. The van der Waals surface area contributed by atoms with Crippen LogP contribution in [0.3, 0.4) is 0 Å². The Labute approximate surface area is 105 Å². The van der Waals surface area contributed by atoms with E-state index in [0.717, 1.165) is 23.4 Å². The first-order valence-electron chi connectivity index (χ1n) is 6.69. The van der Waals surface area contributed by atoms with Crippen LogP contribution in [0.15, 0.2) is 0 Å². The molecule has 0 aromatic carbocycles. The third-order valence-electron chi connectivity index (χ3n) is 4.34. The van der Waals surface area contributed by atoms with Crippen molar-refractivity contribution in [2.24, 2.45) is 0 Å². The number of rotatable bonds is 3. The summed E-state index contributed by atoms with van der Waals surface area (Å²) in [6.45, 7) is 3.58. The Morgan fingerprint density at radius 1 is 1.25 bits per heavy atom. The Morgan fingerprint density at radius 2 is 2.00 bits per heavy atom. The summed E-state index contributed by atoms with van der Waals surface area (Å²) in [5.41, 5.74) is 0. The second-order valence-electron chi connectivity index (χ2n) is 5.55. The summed E-state index contributed by atoms with van der Waals surface area (Å²) in [5, 5.41) is 4.77. The summed E-state index contributed by atoms with van der Waals surface area (Å²) < 4.78 is 0. The number of thioether (sulfide) groups is 1. The summed E-state index contributed by atoms with van der Waals surface area (Å²) in [7, 11) is 2.25. The molecule has 3 heteroatoms. The third-order valence-corrected chi connectivity index (χ3v) is 5.51.